The van der Waals surface area contributed by atoms with Crippen molar-refractivity contribution in [3.8, 4) is 0 Å². The molecule has 7 nitrogen and oxygen atoms in total. The Labute approximate surface area is 207 Å². The second kappa shape index (κ2) is 13.8. The predicted octanol–water partition coefficient (Wildman–Crippen LogP) is 8.39. The molecule has 1 aromatic heterocycles. The first-order valence-electron chi connectivity index (χ1n) is 10.6. The van der Waals surface area contributed by atoms with E-state index in [1.165, 1.54) is 24.4 Å². The van der Waals surface area contributed by atoms with Crippen molar-refractivity contribution >= 4 is 56.1 Å². The van der Waals surface area contributed by atoms with Crippen molar-refractivity contribution in [3.05, 3.63) is 40.5 Å². The monoisotopic (exact) mass is 539 g/mol. The number of nitrogens with zero attached hydrogens (tertiary/aromatic N) is 5. The molecule has 2 aromatic rings. The molecule has 0 saturated carbocycles. The second-order valence-electron chi connectivity index (χ2n) is 7.16. The van der Waals surface area contributed by atoms with E-state index in [0.717, 1.165) is 25.7 Å². The lowest BCUT2D eigenvalue weighted by molar-refractivity contribution is -0.0421. The van der Waals surface area contributed by atoms with Gasteiger partial charge in [0.05, 0.1) is 15.7 Å². The minimum Gasteiger partial charge on any atom is -0.370 e. The summed E-state index contributed by atoms with van der Waals surface area (Å²) in [5.41, 5.74) is 0.359. The number of unbranched alkanes of at least 4 members (excludes halogenated alkanes) is 2. The van der Waals surface area contributed by atoms with Crippen molar-refractivity contribution in [2.24, 2.45) is 14.6 Å². The zero-order valence-electron chi connectivity index (χ0n) is 18.8. The molecule has 1 aromatic carbocycles. The molecule has 0 aliphatic heterocycles. The van der Waals surface area contributed by atoms with Gasteiger partial charge in [-0.3, -0.25) is 0 Å². The zero-order valence-corrected chi connectivity index (χ0v) is 21.1. The average molecular weight is 540 g/mol. The van der Waals surface area contributed by atoms with E-state index in [0.29, 0.717) is 28.8 Å². The first kappa shape index (κ1) is 28.3. The Morgan fingerprint density at radius 3 is 2.29 bits per heavy atom. The number of anilines is 1. The van der Waals surface area contributed by atoms with E-state index in [1.54, 1.807) is 6.07 Å². The fourth-order valence-electron chi connectivity index (χ4n) is 2.85. The third-order valence-electron chi connectivity index (χ3n) is 4.52. The Morgan fingerprint density at radius 2 is 1.76 bits per heavy atom. The molecule has 0 amide bonds. The molecule has 0 aliphatic rings. The van der Waals surface area contributed by atoms with Crippen LogP contribution >= 0.6 is 23.2 Å². The van der Waals surface area contributed by atoms with Gasteiger partial charge in [0.1, 0.15) is 11.4 Å². The molecule has 2 rings (SSSR count). The average Bonchev–Trinajstić information content (AvgIpc) is 2.80. The Kier molecular flexibility index (Phi) is 11.5. The first-order chi connectivity index (χ1) is 16.2. The fraction of sp³-hybridized carbons (Fsp3) is 0.476. The minimum absolute atomic E-state index is 0.0181. The highest BCUT2D eigenvalue weighted by atomic mass is 35.5. The van der Waals surface area contributed by atoms with Crippen LogP contribution in [0, 0.1) is 0 Å². The summed E-state index contributed by atoms with van der Waals surface area (Å²) in [7, 11) is -4.37. The lowest BCUT2D eigenvalue weighted by Gasteiger charge is -2.26. The minimum atomic E-state index is -4.37. The predicted molar refractivity (Wildman–Crippen MR) is 130 cm³/mol. The SMILES string of the molecule is CCCCN(CCCC)c1cc(N=S(=O)(CF)OC(F)F)c(N=Nc2ccc(Cl)cn2)cc1Cl. The van der Waals surface area contributed by atoms with E-state index in [9.17, 15) is 17.4 Å². The zero-order chi connectivity index (χ0) is 25.1. The van der Waals surface area contributed by atoms with Crippen molar-refractivity contribution in [1.29, 1.82) is 0 Å². The summed E-state index contributed by atoms with van der Waals surface area (Å²) in [5, 5.41) is 8.67. The Balaban J connectivity index is 2.62. The maximum atomic E-state index is 13.4. The van der Waals surface area contributed by atoms with Gasteiger partial charge in [-0.1, -0.05) is 49.9 Å². The summed E-state index contributed by atoms with van der Waals surface area (Å²) in [6.45, 7) is 1.97. The summed E-state index contributed by atoms with van der Waals surface area (Å²) in [6, 6.07) is 4.15. The van der Waals surface area contributed by atoms with Gasteiger partial charge in [-0.25, -0.2) is 17.8 Å². The maximum absolute atomic E-state index is 13.4. The van der Waals surface area contributed by atoms with E-state index >= 15 is 0 Å². The van der Waals surface area contributed by atoms with E-state index in [2.05, 4.69) is 23.8 Å². The van der Waals surface area contributed by atoms with Crippen LogP contribution in [0.3, 0.4) is 0 Å². The van der Waals surface area contributed by atoms with Crippen LogP contribution in [0.1, 0.15) is 39.5 Å². The number of pyridine rings is 1. The summed E-state index contributed by atoms with van der Waals surface area (Å²) >= 11 is 12.3. The largest absolute Gasteiger partial charge is 0.370 e. The van der Waals surface area contributed by atoms with Gasteiger partial charge < -0.3 is 4.90 Å². The topological polar surface area (TPSA) is 79.5 Å². The van der Waals surface area contributed by atoms with Gasteiger partial charge in [-0.15, -0.1) is 10.2 Å². The van der Waals surface area contributed by atoms with Crippen LogP contribution < -0.4 is 4.90 Å². The first-order valence-corrected chi connectivity index (χ1v) is 13.0. The molecule has 1 unspecified atom stereocenters. The number of hydrogen-bond donors (Lipinski definition) is 0. The number of rotatable bonds is 13. The molecule has 0 aliphatic carbocycles. The summed E-state index contributed by atoms with van der Waals surface area (Å²) in [4.78, 5) is 6.00. The van der Waals surface area contributed by atoms with Crippen LogP contribution in [-0.2, 0) is 14.2 Å². The third-order valence-corrected chi connectivity index (χ3v) is 6.24. The summed E-state index contributed by atoms with van der Waals surface area (Å²) in [5.74, 6) is 0.193. The third kappa shape index (κ3) is 8.68. The number of aromatic nitrogens is 1. The second-order valence-corrected chi connectivity index (χ2v) is 9.76. The molecule has 0 saturated heterocycles. The van der Waals surface area contributed by atoms with Gasteiger partial charge in [-0.05, 0) is 37.1 Å². The van der Waals surface area contributed by atoms with Gasteiger partial charge >= 0.3 is 6.61 Å². The van der Waals surface area contributed by atoms with Gasteiger partial charge in [-0.2, -0.15) is 13.1 Å². The number of alkyl halides is 3. The van der Waals surface area contributed by atoms with Crippen molar-refractivity contribution < 1.29 is 21.6 Å². The van der Waals surface area contributed by atoms with Gasteiger partial charge in [0.25, 0.3) is 0 Å². The van der Waals surface area contributed by atoms with Gasteiger partial charge in [0.2, 0.25) is 10.0 Å². The van der Waals surface area contributed by atoms with Gasteiger partial charge in [0.15, 0.2) is 11.8 Å². The Morgan fingerprint density at radius 1 is 1.09 bits per heavy atom. The lowest BCUT2D eigenvalue weighted by Crippen LogP contribution is -2.25. The van der Waals surface area contributed by atoms with Crippen molar-refractivity contribution in [3.63, 3.8) is 0 Å². The quantitative estimate of drug-likeness (QED) is 0.239. The van der Waals surface area contributed by atoms with Crippen molar-refractivity contribution in [2.45, 2.75) is 46.1 Å². The highest BCUT2D eigenvalue weighted by Crippen LogP contribution is 2.40. The molecule has 0 bridgehead atoms. The molecular formula is C21H26Cl2F3N5O2S. The number of hydrogen-bond acceptors (Lipinski definition) is 7. The fourth-order valence-corrected chi connectivity index (χ4v) is 4.06. The Hall–Kier alpha value is -1.95. The molecule has 1 heterocycles. The standard InChI is InChI=1S/C21H26Cl2F3N5O2S/c1-3-5-9-31(10-6-4-2)19-12-18(30-34(32,14-24)33-21(25)26)17(11-16(19)23)28-29-20-8-7-15(22)13-27-20/h7-8,11-13,21H,3-6,9-10,14H2,1-2H3. The molecule has 1 atom stereocenters. The maximum Gasteiger partial charge on any atom is 0.357 e. The normalized spacial score (nSPS) is 13.4. The van der Waals surface area contributed by atoms with Gasteiger partial charge in [0, 0.05) is 19.3 Å². The van der Waals surface area contributed by atoms with Crippen LogP contribution in [0.4, 0.5) is 36.1 Å². The van der Waals surface area contributed by atoms with Crippen molar-refractivity contribution in [2.75, 3.05) is 24.0 Å². The molecular weight excluding hydrogens is 514 g/mol. The Bertz CT molecular complexity index is 1070. The summed E-state index contributed by atoms with van der Waals surface area (Å²) < 4.78 is 59.1. The number of azo groups is 1. The smallest absolute Gasteiger partial charge is 0.357 e. The molecule has 34 heavy (non-hydrogen) atoms. The highest BCUT2D eigenvalue weighted by Gasteiger charge is 2.20. The molecule has 0 radical (unpaired) electrons. The molecule has 13 heteroatoms. The summed E-state index contributed by atoms with van der Waals surface area (Å²) in [6.07, 6.45) is 5.01. The lowest BCUT2D eigenvalue weighted by atomic mass is 10.2. The van der Waals surface area contributed by atoms with E-state index in [4.69, 9.17) is 23.2 Å². The van der Waals surface area contributed by atoms with Crippen LogP contribution in [0.2, 0.25) is 10.0 Å². The molecule has 0 fully saturated rings. The highest BCUT2D eigenvalue weighted by molar-refractivity contribution is 7.89. The van der Waals surface area contributed by atoms with Crippen molar-refractivity contribution in [1.82, 2.24) is 4.98 Å². The van der Waals surface area contributed by atoms with Crippen LogP contribution in [-0.4, -0.2) is 34.9 Å². The van der Waals surface area contributed by atoms with E-state index < -0.39 is 22.6 Å². The van der Waals surface area contributed by atoms with Crippen LogP contribution in [0.25, 0.3) is 0 Å². The van der Waals surface area contributed by atoms with E-state index in [-0.39, 0.29) is 17.2 Å². The number of benzene rings is 1. The van der Waals surface area contributed by atoms with E-state index in [1.807, 2.05) is 18.7 Å². The molecule has 0 N–H and O–H groups in total. The molecule has 0 spiro atoms. The number of halogens is 5. The van der Waals surface area contributed by atoms with Crippen LogP contribution in [0.5, 0.6) is 0 Å². The van der Waals surface area contributed by atoms with Crippen LogP contribution in [0.15, 0.2) is 45.1 Å². The molecule has 188 valence electrons.